The Labute approximate surface area is 139 Å². The standard InChI is InChI=1S/C16H17N3O3S/c1-21-13-6-4-12(5-7-13)18-16(23)19-17-10-11-3-8-14(20)15(9-11)22-2/h3-10,20H,1-2H3,(H2,18,19,23). The van der Waals surface area contributed by atoms with Crippen LogP contribution in [-0.4, -0.2) is 30.7 Å². The van der Waals surface area contributed by atoms with Gasteiger partial charge in [-0.2, -0.15) is 5.10 Å². The van der Waals surface area contributed by atoms with Gasteiger partial charge in [-0.15, -0.1) is 0 Å². The lowest BCUT2D eigenvalue weighted by Gasteiger charge is -2.07. The van der Waals surface area contributed by atoms with Crippen LogP contribution >= 0.6 is 12.2 Å². The minimum atomic E-state index is 0.0781. The van der Waals surface area contributed by atoms with Crippen LogP contribution in [0.5, 0.6) is 17.2 Å². The Balaban J connectivity index is 1.90. The highest BCUT2D eigenvalue weighted by molar-refractivity contribution is 7.80. The molecule has 0 aromatic heterocycles. The SMILES string of the molecule is COc1ccc(NC(=S)NN=Cc2ccc(O)c(OC)c2)cc1. The Morgan fingerprint density at radius 1 is 1.13 bits per heavy atom. The maximum absolute atomic E-state index is 9.53. The van der Waals surface area contributed by atoms with Gasteiger partial charge in [0.15, 0.2) is 16.6 Å². The molecule has 0 saturated heterocycles. The summed E-state index contributed by atoms with van der Waals surface area (Å²) in [6, 6.07) is 12.3. The average molecular weight is 331 g/mol. The molecular formula is C16H17N3O3S. The number of nitrogens with one attached hydrogen (secondary N) is 2. The normalized spacial score (nSPS) is 10.3. The van der Waals surface area contributed by atoms with E-state index in [9.17, 15) is 5.11 Å². The number of aromatic hydroxyl groups is 1. The smallest absolute Gasteiger partial charge is 0.191 e. The molecule has 0 aliphatic rings. The van der Waals surface area contributed by atoms with Crippen LogP contribution in [0.15, 0.2) is 47.6 Å². The van der Waals surface area contributed by atoms with Gasteiger partial charge in [0, 0.05) is 5.69 Å². The lowest BCUT2D eigenvalue weighted by molar-refractivity contribution is 0.373. The first-order valence-corrected chi connectivity index (χ1v) is 7.14. The number of nitrogens with zero attached hydrogens (tertiary/aromatic N) is 1. The number of hydrazone groups is 1. The van der Waals surface area contributed by atoms with E-state index in [4.69, 9.17) is 21.7 Å². The van der Waals surface area contributed by atoms with Crippen molar-refractivity contribution in [2.24, 2.45) is 5.10 Å². The van der Waals surface area contributed by atoms with Gasteiger partial charge in [0.05, 0.1) is 20.4 Å². The zero-order valence-electron chi connectivity index (χ0n) is 12.7. The Morgan fingerprint density at radius 2 is 1.87 bits per heavy atom. The highest BCUT2D eigenvalue weighted by Crippen LogP contribution is 2.25. The average Bonchev–Trinajstić information content (AvgIpc) is 2.57. The van der Waals surface area contributed by atoms with Crippen LogP contribution in [0.4, 0.5) is 5.69 Å². The van der Waals surface area contributed by atoms with E-state index < -0.39 is 0 Å². The molecule has 0 spiro atoms. The summed E-state index contributed by atoms with van der Waals surface area (Å²) in [6.45, 7) is 0. The number of hydrogen-bond donors (Lipinski definition) is 3. The molecule has 2 aromatic carbocycles. The predicted octanol–water partition coefficient (Wildman–Crippen LogP) is 2.73. The molecule has 7 heteroatoms. The van der Waals surface area contributed by atoms with E-state index in [0.717, 1.165) is 17.0 Å². The molecule has 0 amide bonds. The van der Waals surface area contributed by atoms with Gasteiger partial charge in [-0.25, -0.2) is 0 Å². The van der Waals surface area contributed by atoms with Crippen molar-refractivity contribution in [2.75, 3.05) is 19.5 Å². The van der Waals surface area contributed by atoms with Crippen molar-refractivity contribution in [3.63, 3.8) is 0 Å². The van der Waals surface area contributed by atoms with Crippen molar-refractivity contribution in [3.8, 4) is 17.2 Å². The third-order valence-electron chi connectivity index (χ3n) is 2.93. The van der Waals surface area contributed by atoms with Gasteiger partial charge in [-0.1, -0.05) is 0 Å². The number of hydrogen-bond acceptors (Lipinski definition) is 5. The summed E-state index contributed by atoms with van der Waals surface area (Å²) < 4.78 is 10.1. The second kappa shape index (κ2) is 8.00. The van der Waals surface area contributed by atoms with Crippen LogP contribution in [0.1, 0.15) is 5.56 Å². The van der Waals surface area contributed by atoms with E-state index in [-0.39, 0.29) is 5.75 Å². The second-order valence-corrected chi connectivity index (χ2v) is 4.89. The molecule has 0 saturated carbocycles. The molecule has 120 valence electrons. The number of phenols is 1. The molecule has 0 atom stereocenters. The number of methoxy groups -OCH3 is 2. The number of rotatable bonds is 5. The molecule has 0 heterocycles. The van der Waals surface area contributed by atoms with Crippen LogP contribution in [-0.2, 0) is 0 Å². The Hall–Kier alpha value is -2.80. The van der Waals surface area contributed by atoms with Gasteiger partial charge in [0.25, 0.3) is 0 Å². The Bertz CT molecular complexity index is 702. The maximum atomic E-state index is 9.53. The van der Waals surface area contributed by atoms with Crippen LogP contribution in [0, 0.1) is 0 Å². The summed E-state index contributed by atoms with van der Waals surface area (Å²) in [5.41, 5.74) is 4.30. The molecule has 0 radical (unpaired) electrons. The zero-order chi connectivity index (χ0) is 16.7. The molecule has 0 aliphatic heterocycles. The number of anilines is 1. The van der Waals surface area contributed by atoms with Crippen LogP contribution in [0.25, 0.3) is 0 Å². The van der Waals surface area contributed by atoms with Gasteiger partial charge >= 0.3 is 0 Å². The third kappa shape index (κ3) is 4.86. The van der Waals surface area contributed by atoms with Crippen molar-refractivity contribution in [1.82, 2.24) is 5.43 Å². The summed E-state index contributed by atoms with van der Waals surface area (Å²) in [7, 11) is 3.10. The van der Waals surface area contributed by atoms with Gasteiger partial charge in [-0.05, 0) is 60.2 Å². The fraction of sp³-hybridized carbons (Fsp3) is 0.125. The van der Waals surface area contributed by atoms with Crippen molar-refractivity contribution >= 4 is 29.2 Å². The van der Waals surface area contributed by atoms with Gasteiger partial charge in [0.2, 0.25) is 0 Å². The highest BCUT2D eigenvalue weighted by Gasteiger charge is 2.01. The fourth-order valence-corrected chi connectivity index (χ4v) is 1.94. The highest BCUT2D eigenvalue weighted by atomic mass is 32.1. The summed E-state index contributed by atoms with van der Waals surface area (Å²) in [5.74, 6) is 1.23. The largest absolute Gasteiger partial charge is 0.504 e. The molecule has 3 N–H and O–H groups in total. The first kappa shape index (κ1) is 16.6. The molecular weight excluding hydrogens is 314 g/mol. The summed E-state index contributed by atoms with van der Waals surface area (Å²) in [6.07, 6.45) is 1.57. The van der Waals surface area contributed by atoms with E-state index in [1.807, 2.05) is 24.3 Å². The lowest BCUT2D eigenvalue weighted by atomic mass is 10.2. The molecule has 23 heavy (non-hydrogen) atoms. The second-order valence-electron chi connectivity index (χ2n) is 4.48. The van der Waals surface area contributed by atoms with Crippen LogP contribution in [0.3, 0.4) is 0 Å². The summed E-state index contributed by atoms with van der Waals surface area (Å²) in [4.78, 5) is 0. The Kier molecular flexibility index (Phi) is 5.76. The third-order valence-corrected chi connectivity index (χ3v) is 3.12. The number of thiocarbonyl (C=S) groups is 1. The van der Waals surface area contributed by atoms with E-state index in [1.165, 1.54) is 13.2 Å². The molecule has 6 nitrogen and oxygen atoms in total. The van der Waals surface area contributed by atoms with Gasteiger partial charge < -0.3 is 19.9 Å². The number of phenolic OH excluding ortho intramolecular Hbond substituents is 1. The van der Waals surface area contributed by atoms with Crippen LogP contribution < -0.4 is 20.2 Å². The van der Waals surface area contributed by atoms with Crippen molar-refractivity contribution in [1.29, 1.82) is 0 Å². The van der Waals surface area contributed by atoms with Gasteiger partial charge in [-0.3, -0.25) is 5.43 Å². The zero-order valence-corrected chi connectivity index (χ0v) is 13.6. The van der Waals surface area contributed by atoms with E-state index in [0.29, 0.717) is 10.9 Å². The van der Waals surface area contributed by atoms with Crippen molar-refractivity contribution < 1.29 is 14.6 Å². The summed E-state index contributed by atoms with van der Waals surface area (Å²) >= 11 is 5.15. The first-order valence-electron chi connectivity index (χ1n) is 6.73. The van der Waals surface area contributed by atoms with Crippen LogP contribution in [0.2, 0.25) is 0 Å². The molecule has 0 fully saturated rings. The van der Waals surface area contributed by atoms with Crippen molar-refractivity contribution in [3.05, 3.63) is 48.0 Å². The minimum Gasteiger partial charge on any atom is -0.504 e. The monoisotopic (exact) mass is 331 g/mol. The Morgan fingerprint density at radius 3 is 2.52 bits per heavy atom. The maximum Gasteiger partial charge on any atom is 0.191 e. The topological polar surface area (TPSA) is 75.1 Å². The number of benzene rings is 2. The summed E-state index contributed by atoms with van der Waals surface area (Å²) in [5, 5.41) is 16.9. The van der Waals surface area contributed by atoms with E-state index >= 15 is 0 Å². The molecule has 2 aromatic rings. The quantitative estimate of drug-likeness (QED) is 0.444. The molecule has 2 rings (SSSR count). The fourth-order valence-electron chi connectivity index (χ4n) is 1.77. The van der Waals surface area contributed by atoms with Crippen molar-refractivity contribution in [2.45, 2.75) is 0 Å². The molecule has 0 bridgehead atoms. The van der Waals surface area contributed by atoms with E-state index in [2.05, 4.69) is 15.8 Å². The number of ether oxygens (including phenoxy) is 2. The van der Waals surface area contributed by atoms with Gasteiger partial charge in [0.1, 0.15) is 5.75 Å². The molecule has 0 aliphatic carbocycles. The van der Waals surface area contributed by atoms with E-state index in [1.54, 1.807) is 25.5 Å². The lowest BCUT2D eigenvalue weighted by Crippen LogP contribution is -2.23. The minimum absolute atomic E-state index is 0.0781. The predicted molar refractivity (Wildman–Crippen MR) is 94.6 cm³/mol. The molecule has 0 unspecified atom stereocenters. The first-order chi connectivity index (χ1) is 11.1.